The van der Waals surface area contributed by atoms with E-state index in [0.717, 1.165) is 31.4 Å². The molecule has 2 saturated heterocycles. The first-order chi connectivity index (χ1) is 10.5. The second kappa shape index (κ2) is 6.00. The largest absolute Gasteiger partial charge is 0.373 e. The molecule has 1 aromatic carbocycles. The van der Waals surface area contributed by atoms with Crippen LogP contribution in [0.3, 0.4) is 0 Å². The maximum absolute atomic E-state index is 13.0. The number of halogens is 2. The minimum absolute atomic E-state index is 0.0187. The van der Waals surface area contributed by atoms with Crippen molar-refractivity contribution in [2.75, 3.05) is 6.54 Å². The van der Waals surface area contributed by atoms with E-state index in [4.69, 9.17) is 4.74 Å². The van der Waals surface area contributed by atoms with Crippen molar-refractivity contribution < 1.29 is 23.1 Å². The lowest BCUT2D eigenvalue weighted by atomic mass is 9.95. The van der Waals surface area contributed by atoms with E-state index in [-0.39, 0.29) is 36.3 Å². The Balaban J connectivity index is 1.49. The fourth-order valence-corrected chi connectivity index (χ4v) is 3.00. The lowest BCUT2D eigenvalue weighted by molar-refractivity contribution is -0.121. The van der Waals surface area contributed by atoms with Gasteiger partial charge in [0.25, 0.3) is 5.91 Å². The summed E-state index contributed by atoms with van der Waals surface area (Å²) in [5, 5.41) is 5.16. The number of hydrogen-bond donors (Lipinski definition) is 2. The topological polar surface area (TPSA) is 67.4 Å². The molecule has 2 aliphatic heterocycles. The maximum Gasteiger partial charge on any atom is 0.251 e. The Morgan fingerprint density at radius 2 is 1.91 bits per heavy atom. The average molecular weight is 310 g/mol. The van der Waals surface area contributed by atoms with Crippen LogP contribution in [0.2, 0.25) is 0 Å². The summed E-state index contributed by atoms with van der Waals surface area (Å²) in [5.74, 6) is -2.72. The third kappa shape index (κ3) is 3.24. The molecule has 2 heterocycles. The summed E-state index contributed by atoms with van der Waals surface area (Å²) >= 11 is 0. The first kappa shape index (κ1) is 14.9. The number of amides is 2. The number of fused-ring (bicyclic) bond motifs is 2. The summed E-state index contributed by atoms with van der Waals surface area (Å²) in [6, 6.07) is 2.49. The average Bonchev–Trinajstić information content (AvgIpc) is 3.06. The maximum atomic E-state index is 13.0. The number of carbonyl (C=O) groups is 2. The second-order valence-electron chi connectivity index (χ2n) is 5.62. The third-order valence-electron chi connectivity index (χ3n) is 3.99. The Labute approximate surface area is 126 Å². The lowest BCUT2D eigenvalue weighted by Crippen LogP contribution is -2.45. The van der Waals surface area contributed by atoms with Crippen LogP contribution >= 0.6 is 0 Å². The van der Waals surface area contributed by atoms with Crippen LogP contribution < -0.4 is 10.6 Å². The molecule has 22 heavy (non-hydrogen) atoms. The van der Waals surface area contributed by atoms with E-state index in [0.29, 0.717) is 6.07 Å². The van der Waals surface area contributed by atoms with Gasteiger partial charge in [-0.15, -0.1) is 0 Å². The van der Waals surface area contributed by atoms with Crippen LogP contribution in [-0.4, -0.2) is 36.6 Å². The molecule has 3 atom stereocenters. The van der Waals surface area contributed by atoms with Gasteiger partial charge in [-0.3, -0.25) is 9.59 Å². The third-order valence-corrected chi connectivity index (χ3v) is 3.99. The molecular weight excluding hydrogens is 294 g/mol. The Hall–Kier alpha value is -2.02. The van der Waals surface area contributed by atoms with Crippen LogP contribution in [-0.2, 0) is 9.53 Å². The second-order valence-corrected chi connectivity index (χ2v) is 5.62. The van der Waals surface area contributed by atoms with Gasteiger partial charge in [0, 0.05) is 11.6 Å². The number of rotatable bonds is 4. The van der Waals surface area contributed by atoms with E-state index < -0.39 is 17.5 Å². The molecule has 118 valence electrons. The molecule has 0 radical (unpaired) electrons. The van der Waals surface area contributed by atoms with E-state index >= 15 is 0 Å². The summed E-state index contributed by atoms with van der Waals surface area (Å²) in [4.78, 5) is 23.6. The van der Waals surface area contributed by atoms with Gasteiger partial charge in [0.15, 0.2) is 0 Å². The van der Waals surface area contributed by atoms with Gasteiger partial charge in [0.05, 0.1) is 24.8 Å². The molecule has 0 spiro atoms. The monoisotopic (exact) mass is 310 g/mol. The number of ether oxygens (including phenoxy) is 1. The van der Waals surface area contributed by atoms with E-state index in [1.54, 1.807) is 0 Å². The van der Waals surface area contributed by atoms with Crippen molar-refractivity contribution >= 4 is 11.8 Å². The van der Waals surface area contributed by atoms with Gasteiger partial charge >= 0.3 is 0 Å². The Bertz CT molecular complexity index is 588. The van der Waals surface area contributed by atoms with Crippen LogP contribution in [0.25, 0.3) is 0 Å². The van der Waals surface area contributed by atoms with Crippen LogP contribution in [0.1, 0.15) is 29.6 Å². The normalized spacial score (nSPS) is 26.0. The highest BCUT2D eigenvalue weighted by atomic mass is 19.1. The van der Waals surface area contributed by atoms with Crippen molar-refractivity contribution in [3.63, 3.8) is 0 Å². The van der Waals surface area contributed by atoms with Crippen molar-refractivity contribution in [3.8, 4) is 0 Å². The molecule has 2 aliphatic rings. The number of benzene rings is 1. The van der Waals surface area contributed by atoms with Crippen molar-refractivity contribution in [1.82, 2.24) is 10.6 Å². The fourth-order valence-electron chi connectivity index (χ4n) is 3.00. The van der Waals surface area contributed by atoms with Gasteiger partial charge in [-0.1, -0.05) is 0 Å². The Morgan fingerprint density at radius 3 is 2.50 bits per heavy atom. The molecule has 3 rings (SSSR count). The van der Waals surface area contributed by atoms with Gasteiger partial charge in [-0.2, -0.15) is 0 Å². The van der Waals surface area contributed by atoms with Crippen LogP contribution in [0.4, 0.5) is 8.78 Å². The molecule has 2 bridgehead atoms. The van der Waals surface area contributed by atoms with E-state index in [1.807, 2.05) is 0 Å². The predicted molar refractivity (Wildman–Crippen MR) is 73.1 cm³/mol. The molecule has 2 fully saturated rings. The van der Waals surface area contributed by atoms with Gasteiger partial charge in [0.2, 0.25) is 5.91 Å². The molecule has 0 saturated carbocycles. The zero-order valence-electron chi connectivity index (χ0n) is 11.8. The molecule has 5 nitrogen and oxygen atoms in total. The highest BCUT2D eigenvalue weighted by Crippen LogP contribution is 2.34. The zero-order valence-corrected chi connectivity index (χ0v) is 11.8. The van der Waals surface area contributed by atoms with Crippen molar-refractivity contribution in [2.24, 2.45) is 0 Å². The number of hydrogen-bond acceptors (Lipinski definition) is 3. The van der Waals surface area contributed by atoms with E-state index in [1.165, 1.54) is 0 Å². The van der Waals surface area contributed by atoms with Crippen molar-refractivity contribution in [2.45, 2.75) is 37.5 Å². The minimum Gasteiger partial charge on any atom is -0.373 e. The molecule has 0 aliphatic carbocycles. The van der Waals surface area contributed by atoms with E-state index in [9.17, 15) is 18.4 Å². The standard InChI is InChI=1S/C15H16F2N2O3/c16-9-3-8(4-10(17)5-9)15(21)18-7-14(20)19-12-6-11-1-2-13(12)22-11/h3-5,11-13H,1-2,6-7H2,(H,18,21)(H,19,20)/t11-,12-,13+/m1/s1. The first-order valence-corrected chi connectivity index (χ1v) is 7.20. The van der Waals surface area contributed by atoms with Gasteiger partial charge in [0.1, 0.15) is 11.6 Å². The number of carbonyl (C=O) groups excluding carboxylic acids is 2. The molecule has 0 aromatic heterocycles. The SMILES string of the molecule is O=C(CNC(=O)c1cc(F)cc(F)c1)N[C@@H]1C[C@H]2CC[C@@H]1O2. The summed E-state index contributed by atoms with van der Waals surface area (Å²) in [6.07, 6.45) is 3.03. The molecule has 1 aromatic rings. The predicted octanol–water partition coefficient (Wildman–Crippen LogP) is 1.13. The molecule has 2 N–H and O–H groups in total. The summed E-state index contributed by atoms with van der Waals surface area (Å²) in [7, 11) is 0. The van der Waals surface area contributed by atoms with Crippen LogP contribution in [0.15, 0.2) is 18.2 Å². The highest BCUT2D eigenvalue weighted by molar-refractivity contribution is 5.96. The zero-order chi connectivity index (χ0) is 15.7. The minimum atomic E-state index is -0.839. The molecule has 0 unspecified atom stereocenters. The summed E-state index contributed by atoms with van der Waals surface area (Å²) in [5.41, 5.74) is -0.159. The highest BCUT2D eigenvalue weighted by Gasteiger charge is 2.41. The van der Waals surface area contributed by atoms with Gasteiger partial charge < -0.3 is 15.4 Å². The fraction of sp³-hybridized carbons (Fsp3) is 0.467. The van der Waals surface area contributed by atoms with Gasteiger partial charge in [-0.05, 0) is 31.4 Å². The van der Waals surface area contributed by atoms with Crippen LogP contribution in [0.5, 0.6) is 0 Å². The van der Waals surface area contributed by atoms with E-state index in [2.05, 4.69) is 10.6 Å². The Morgan fingerprint density at radius 1 is 1.18 bits per heavy atom. The summed E-state index contributed by atoms with van der Waals surface area (Å²) in [6.45, 7) is -0.245. The smallest absolute Gasteiger partial charge is 0.251 e. The molecule has 7 heteroatoms. The molecule has 2 amide bonds. The van der Waals surface area contributed by atoms with Crippen molar-refractivity contribution in [1.29, 1.82) is 0 Å². The quantitative estimate of drug-likeness (QED) is 0.876. The van der Waals surface area contributed by atoms with Crippen LogP contribution in [0, 0.1) is 11.6 Å². The first-order valence-electron chi connectivity index (χ1n) is 7.20. The van der Waals surface area contributed by atoms with Crippen molar-refractivity contribution in [3.05, 3.63) is 35.4 Å². The lowest BCUT2D eigenvalue weighted by Gasteiger charge is -2.20. The Kier molecular flexibility index (Phi) is 4.06. The number of nitrogens with one attached hydrogen (secondary N) is 2. The summed E-state index contributed by atoms with van der Waals surface area (Å²) < 4.78 is 31.7. The van der Waals surface area contributed by atoms with Gasteiger partial charge in [-0.25, -0.2) is 8.78 Å². The molecular formula is C15H16F2N2O3.